The molecule has 108 valence electrons. The Balaban J connectivity index is 1.53. The number of thiazole rings is 1. The molecule has 22 heavy (non-hydrogen) atoms. The Kier molecular flexibility index (Phi) is 3.84. The second kappa shape index (κ2) is 6.12. The van der Waals surface area contributed by atoms with Crippen molar-refractivity contribution in [1.29, 1.82) is 0 Å². The summed E-state index contributed by atoms with van der Waals surface area (Å²) in [5, 5.41) is 6.11. The Hall–Kier alpha value is -1.83. The molecule has 0 fully saturated rings. The van der Waals surface area contributed by atoms with E-state index in [-0.39, 0.29) is 0 Å². The zero-order valence-electron chi connectivity index (χ0n) is 11.3. The third-order valence-electron chi connectivity index (χ3n) is 3.00. The molecular formula is C15H10N4S3. The first-order valence-corrected chi connectivity index (χ1v) is 9.31. The normalized spacial score (nSPS) is 11.1. The topological polar surface area (TPSA) is 51.6 Å². The second-order valence-corrected chi connectivity index (χ2v) is 7.20. The summed E-state index contributed by atoms with van der Waals surface area (Å²) in [6.07, 6.45) is 3.41. The highest BCUT2D eigenvalue weighted by atomic mass is 32.2. The maximum Gasteiger partial charge on any atom is 0.142 e. The summed E-state index contributed by atoms with van der Waals surface area (Å²) in [5.41, 5.74) is 2.99. The van der Waals surface area contributed by atoms with Crippen LogP contribution in [0, 0.1) is 0 Å². The molecule has 4 aromatic heterocycles. The molecule has 0 atom stereocenters. The van der Waals surface area contributed by atoms with E-state index in [1.54, 1.807) is 47.0 Å². The van der Waals surface area contributed by atoms with Crippen LogP contribution in [-0.2, 0) is 5.75 Å². The molecule has 0 aliphatic heterocycles. The van der Waals surface area contributed by atoms with Crippen molar-refractivity contribution in [3.05, 3.63) is 53.2 Å². The molecular weight excluding hydrogens is 332 g/mol. The zero-order valence-corrected chi connectivity index (χ0v) is 13.8. The third kappa shape index (κ3) is 2.75. The van der Waals surface area contributed by atoms with E-state index >= 15 is 0 Å². The lowest BCUT2D eigenvalue weighted by molar-refractivity contribution is 1.10. The van der Waals surface area contributed by atoms with Gasteiger partial charge in [0.15, 0.2) is 0 Å². The molecule has 4 rings (SSSR count). The second-order valence-electron chi connectivity index (χ2n) is 4.46. The molecule has 0 radical (unpaired) electrons. The summed E-state index contributed by atoms with van der Waals surface area (Å²) >= 11 is 5.00. The highest BCUT2D eigenvalue weighted by Gasteiger charge is 2.09. The number of thiophene rings is 1. The monoisotopic (exact) mass is 342 g/mol. The van der Waals surface area contributed by atoms with Crippen molar-refractivity contribution in [3.63, 3.8) is 0 Å². The number of thioether (sulfide) groups is 1. The van der Waals surface area contributed by atoms with Crippen LogP contribution in [0.25, 0.3) is 20.9 Å². The van der Waals surface area contributed by atoms with Gasteiger partial charge in [0.2, 0.25) is 0 Å². The van der Waals surface area contributed by atoms with E-state index in [0.717, 1.165) is 37.4 Å². The molecule has 0 aromatic carbocycles. The number of fused-ring (bicyclic) bond motifs is 1. The van der Waals surface area contributed by atoms with E-state index < -0.39 is 0 Å². The maximum absolute atomic E-state index is 4.66. The molecule has 4 heterocycles. The SMILES string of the molecule is c1ccc(-c2nc(CSc3ncnc4ccsc34)cs2)nc1. The molecule has 0 unspecified atom stereocenters. The number of rotatable bonds is 4. The third-order valence-corrected chi connectivity index (χ3v) is 5.98. The molecule has 0 aliphatic rings. The van der Waals surface area contributed by atoms with Crippen LogP contribution in [0.1, 0.15) is 5.69 Å². The van der Waals surface area contributed by atoms with Crippen LogP contribution in [0.3, 0.4) is 0 Å². The van der Waals surface area contributed by atoms with Gasteiger partial charge in [0.25, 0.3) is 0 Å². The molecule has 0 saturated heterocycles. The van der Waals surface area contributed by atoms with Crippen molar-refractivity contribution < 1.29 is 0 Å². The van der Waals surface area contributed by atoms with Crippen LogP contribution in [0.4, 0.5) is 0 Å². The number of nitrogens with zero attached hydrogens (tertiary/aromatic N) is 4. The molecule has 0 amide bonds. The molecule has 0 aliphatic carbocycles. The Morgan fingerprint density at radius 2 is 2.05 bits per heavy atom. The molecule has 0 N–H and O–H groups in total. The Labute approximate surface area is 139 Å². The van der Waals surface area contributed by atoms with Crippen molar-refractivity contribution in [1.82, 2.24) is 19.9 Å². The lowest BCUT2D eigenvalue weighted by Crippen LogP contribution is -1.86. The van der Waals surface area contributed by atoms with Crippen LogP contribution in [0.5, 0.6) is 0 Å². The average Bonchev–Trinajstić information content (AvgIpc) is 3.23. The van der Waals surface area contributed by atoms with Crippen molar-refractivity contribution in [2.45, 2.75) is 10.8 Å². The number of hydrogen-bond acceptors (Lipinski definition) is 7. The molecule has 7 heteroatoms. The Morgan fingerprint density at radius 1 is 1.05 bits per heavy atom. The summed E-state index contributed by atoms with van der Waals surface area (Å²) in [6.45, 7) is 0. The average molecular weight is 342 g/mol. The summed E-state index contributed by atoms with van der Waals surface area (Å²) in [5.74, 6) is 0.799. The number of pyridine rings is 1. The van der Waals surface area contributed by atoms with Crippen LogP contribution in [0.2, 0.25) is 0 Å². The van der Waals surface area contributed by atoms with Gasteiger partial charge >= 0.3 is 0 Å². The fourth-order valence-corrected chi connectivity index (χ4v) is 4.73. The summed E-state index contributed by atoms with van der Waals surface area (Å²) in [4.78, 5) is 17.6. The summed E-state index contributed by atoms with van der Waals surface area (Å²) < 4.78 is 1.15. The molecule has 0 spiro atoms. The molecule has 0 bridgehead atoms. The van der Waals surface area contributed by atoms with E-state index in [1.165, 1.54) is 0 Å². The van der Waals surface area contributed by atoms with E-state index in [2.05, 4.69) is 25.3 Å². The Bertz CT molecular complexity index is 901. The fraction of sp³-hybridized carbons (Fsp3) is 0.0667. The minimum absolute atomic E-state index is 0.799. The Morgan fingerprint density at radius 3 is 2.95 bits per heavy atom. The maximum atomic E-state index is 4.66. The highest BCUT2D eigenvalue weighted by Crippen LogP contribution is 2.31. The lowest BCUT2D eigenvalue weighted by Gasteiger charge is -1.99. The first kappa shape index (κ1) is 13.8. The number of hydrogen-bond donors (Lipinski definition) is 0. The van der Waals surface area contributed by atoms with E-state index in [1.807, 2.05) is 29.6 Å². The van der Waals surface area contributed by atoms with E-state index in [0.29, 0.717) is 0 Å². The summed E-state index contributed by atoms with van der Waals surface area (Å²) in [6, 6.07) is 7.89. The van der Waals surface area contributed by atoms with Gasteiger partial charge in [-0.05, 0) is 23.6 Å². The predicted octanol–water partition coefficient (Wildman–Crippen LogP) is 4.50. The largest absolute Gasteiger partial charge is 0.254 e. The number of aromatic nitrogens is 4. The van der Waals surface area contributed by atoms with E-state index in [4.69, 9.17) is 0 Å². The van der Waals surface area contributed by atoms with Gasteiger partial charge < -0.3 is 0 Å². The van der Waals surface area contributed by atoms with E-state index in [9.17, 15) is 0 Å². The first-order valence-electron chi connectivity index (χ1n) is 6.57. The van der Waals surface area contributed by atoms with Crippen LogP contribution < -0.4 is 0 Å². The smallest absolute Gasteiger partial charge is 0.142 e. The summed E-state index contributed by atoms with van der Waals surface area (Å²) in [7, 11) is 0. The minimum atomic E-state index is 0.799. The molecule has 4 aromatic rings. The lowest BCUT2D eigenvalue weighted by atomic mass is 10.4. The van der Waals surface area contributed by atoms with Gasteiger partial charge in [-0.3, -0.25) is 4.98 Å². The van der Waals surface area contributed by atoms with Gasteiger partial charge in [-0.1, -0.05) is 17.8 Å². The molecule has 4 nitrogen and oxygen atoms in total. The van der Waals surface area contributed by atoms with Crippen molar-refractivity contribution in [2.75, 3.05) is 0 Å². The van der Waals surface area contributed by atoms with Gasteiger partial charge in [-0.25, -0.2) is 15.0 Å². The van der Waals surface area contributed by atoms with Crippen molar-refractivity contribution in [2.24, 2.45) is 0 Å². The minimum Gasteiger partial charge on any atom is -0.254 e. The van der Waals surface area contributed by atoms with Gasteiger partial charge in [-0.2, -0.15) is 0 Å². The van der Waals surface area contributed by atoms with Crippen molar-refractivity contribution >= 4 is 44.7 Å². The predicted molar refractivity (Wildman–Crippen MR) is 92.3 cm³/mol. The van der Waals surface area contributed by atoms with Gasteiger partial charge in [0, 0.05) is 17.3 Å². The van der Waals surface area contributed by atoms with Gasteiger partial charge in [-0.15, -0.1) is 22.7 Å². The zero-order chi connectivity index (χ0) is 14.8. The molecule has 0 saturated carbocycles. The fourth-order valence-electron chi connectivity index (χ4n) is 1.99. The quantitative estimate of drug-likeness (QED) is 0.404. The highest BCUT2D eigenvalue weighted by molar-refractivity contribution is 7.98. The van der Waals surface area contributed by atoms with Crippen LogP contribution >= 0.6 is 34.4 Å². The van der Waals surface area contributed by atoms with Crippen molar-refractivity contribution in [3.8, 4) is 10.7 Å². The van der Waals surface area contributed by atoms with Crippen LogP contribution in [0.15, 0.2) is 52.6 Å². The van der Waals surface area contributed by atoms with Gasteiger partial charge in [0.1, 0.15) is 16.4 Å². The standard InChI is InChI=1S/C15H10N4S3/c1-2-5-16-12(3-1)14-19-10(7-21-14)8-22-15-13-11(4-6-20-13)17-9-18-15/h1-7,9H,8H2. The van der Waals surface area contributed by atoms with Gasteiger partial charge in [0.05, 0.1) is 21.6 Å². The first-order chi connectivity index (χ1) is 10.9. The van der Waals surface area contributed by atoms with Crippen LogP contribution in [-0.4, -0.2) is 19.9 Å².